The van der Waals surface area contributed by atoms with Crippen LogP contribution in [0.3, 0.4) is 0 Å². The molecule has 1 aliphatic heterocycles. The lowest BCUT2D eigenvalue weighted by Gasteiger charge is -2.25. The number of nitrogens with one attached hydrogen (secondary N) is 1. The highest BCUT2D eigenvalue weighted by Crippen LogP contribution is 2.32. The second kappa shape index (κ2) is 12.3. The standard InChI is InChI=1S/C38H31FN4O3S/c1-23-34(36(44)41-27-12-5-4-6-13-27)35(25-17-19-28(46-3)20-18-25)43-37(45)33(47-38(43)40-23)21-30-24(2)42(32-16-10-8-14-29(30)32)22-26-11-7-9-15-31(26)39/h4-21,35H,22H2,1-3H3,(H,41,44)/b33-21-. The van der Waals surface area contributed by atoms with Crippen LogP contribution in [0.4, 0.5) is 10.1 Å². The van der Waals surface area contributed by atoms with E-state index in [0.717, 1.165) is 27.7 Å². The number of nitrogens with zero attached hydrogens (tertiary/aromatic N) is 3. The molecule has 2 aromatic heterocycles. The van der Waals surface area contributed by atoms with Crippen LogP contribution in [-0.2, 0) is 11.3 Å². The largest absolute Gasteiger partial charge is 0.497 e. The molecule has 0 bridgehead atoms. The van der Waals surface area contributed by atoms with Crippen LogP contribution >= 0.6 is 11.3 Å². The lowest BCUT2D eigenvalue weighted by atomic mass is 9.95. The molecule has 0 spiro atoms. The molecule has 0 saturated heterocycles. The summed E-state index contributed by atoms with van der Waals surface area (Å²) in [6.07, 6.45) is 1.90. The van der Waals surface area contributed by atoms with E-state index in [2.05, 4.69) is 9.88 Å². The van der Waals surface area contributed by atoms with Gasteiger partial charge in [0.2, 0.25) is 0 Å². The average Bonchev–Trinajstić information content (AvgIpc) is 3.53. The lowest BCUT2D eigenvalue weighted by Crippen LogP contribution is -2.40. The van der Waals surface area contributed by atoms with Crippen molar-refractivity contribution in [1.82, 2.24) is 9.13 Å². The molecule has 234 valence electrons. The van der Waals surface area contributed by atoms with Crippen molar-refractivity contribution in [3.05, 3.63) is 162 Å². The number of allylic oxidation sites excluding steroid dienone is 1. The van der Waals surface area contributed by atoms with Crippen molar-refractivity contribution >= 4 is 39.9 Å². The number of amides is 1. The van der Waals surface area contributed by atoms with E-state index < -0.39 is 6.04 Å². The van der Waals surface area contributed by atoms with Gasteiger partial charge in [0.1, 0.15) is 11.6 Å². The summed E-state index contributed by atoms with van der Waals surface area (Å²) in [5.41, 5.74) is 5.37. The summed E-state index contributed by atoms with van der Waals surface area (Å²) in [5, 5.41) is 3.94. The summed E-state index contributed by atoms with van der Waals surface area (Å²) in [6, 6.07) is 30.6. The molecule has 1 N–H and O–H groups in total. The maximum atomic E-state index is 14.7. The third-order valence-electron chi connectivity index (χ3n) is 8.57. The molecule has 0 saturated carbocycles. The van der Waals surface area contributed by atoms with Crippen LogP contribution in [0.15, 0.2) is 124 Å². The first kappa shape index (κ1) is 30.1. The molecule has 0 aliphatic carbocycles. The van der Waals surface area contributed by atoms with E-state index in [-0.39, 0.29) is 17.3 Å². The number of rotatable bonds is 7. The van der Waals surface area contributed by atoms with Crippen molar-refractivity contribution in [2.24, 2.45) is 4.99 Å². The Hall–Kier alpha value is -5.54. The zero-order valence-electron chi connectivity index (χ0n) is 26.0. The SMILES string of the molecule is COc1ccc(C2C(C(=O)Nc3ccccc3)=C(C)N=c3s/c(=C\c4c(C)n(Cc5ccccc5F)c5ccccc45)c(=O)n32)cc1. The molecule has 9 heteroatoms. The summed E-state index contributed by atoms with van der Waals surface area (Å²) >= 11 is 1.29. The molecule has 7 nitrogen and oxygen atoms in total. The number of benzene rings is 4. The maximum Gasteiger partial charge on any atom is 0.271 e. The fourth-order valence-corrected chi connectivity index (χ4v) is 7.23. The molecule has 0 radical (unpaired) electrons. The monoisotopic (exact) mass is 642 g/mol. The fourth-order valence-electron chi connectivity index (χ4n) is 6.21. The summed E-state index contributed by atoms with van der Waals surface area (Å²) in [7, 11) is 1.59. The van der Waals surface area contributed by atoms with Gasteiger partial charge in [-0.3, -0.25) is 14.2 Å². The van der Waals surface area contributed by atoms with E-state index in [4.69, 9.17) is 9.73 Å². The van der Waals surface area contributed by atoms with Crippen LogP contribution in [0.1, 0.15) is 35.3 Å². The highest BCUT2D eigenvalue weighted by Gasteiger charge is 2.32. The summed E-state index contributed by atoms with van der Waals surface area (Å²) in [6.45, 7) is 4.14. The molecule has 0 fully saturated rings. The van der Waals surface area contributed by atoms with Crippen LogP contribution in [0.5, 0.6) is 5.75 Å². The second-order valence-electron chi connectivity index (χ2n) is 11.4. The highest BCUT2D eigenvalue weighted by atomic mass is 32.1. The van der Waals surface area contributed by atoms with Gasteiger partial charge in [0.25, 0.3) is 11.5 Å². The number of fused-ring (bicyclic) bond motifs is 2. The third-order valence-corrected chi connectivity index (χ3v) is 9.55. The highest BCUT2D eigenvalue weighted by molar-refractivity contribution is 7.07. The van der Waals surface area contributed by atoms with Crippen molar-refractivity contribution < 1.29 is 13.9 Å². The predicted molar refractivity (Wildman–Crippen MR) is 184 cm³/mol. The molecule has 3 heterocycles. The van der Waals surface area contributed by atoms with Crippen LogP contribution in [0, 0.1) is 12.7 Å². The lowest BCUT2D eigenvalue weighted by molar-refractivity contribution is -0.113. The van der Waals surface area contributed by atoms with E-state index >= 15 is 0 Å². The number of thiazole rings is 1. The number of para-hydroxylation sites is 2. The minimum atomic E-state index is -0.716. The van der Waals surface area contributed by atoms with Crippen molar-refractivity contribution in [2.45, 2.75) is 26.4 Å². The van der Waals surface area contributed by atoms with Gasteiger partial charge >= 0.3 is 0 Å². The first-order valence-electron chi connectivity index (χ1n) is 15.2. The van der Waals surface area contributed by atoms with Gasteiger partial charge in [-0.25, -0.2) is 9.38 Å². The van der Waals surface area contributed by atoms with Gasteiger partial charge in [-0.15, -0.1) is 0 Å². The van der Waals surface area contributed by atoms with Crippen LogP contribution in [-0.4, -0.2) is 22.2 Å². The average molecular weight is 643 g/mol. The topological polar surface area (TPSA) is 77.6 Å². The Morgan fingerprint density at radius 1 is 0.957 bits per heavy atom. The van der Waals surface area contributed by atoms with Crippen molar-refractivity contribution in [3.63, 3.8) is 0 Å². The van der Waals surface area contributed by atoms with E-state index in [0.29, 0.717) is 44.1 Å². The van der Waals surface area contributed by atoms with Gasteiger partial charge in [0.15, 0.2) is 4.80 Å². The Morgan fingerprint density at radius 2 is 1.66 bits per heavy atom. The zero-order valence-corrected chi connectivity index (χ0v) is 26.8. The summed E-state index contributed by atoms with van der Waals surface area (Å²) in [5.74, 6) is 0.0690. The molecule has 1 amide bonds. The molecule has 4 aromatic carbocycles. The quantitative estimate of drug-likeness (QED) is 0.221. The normalized spacial score (nSPS) is 14.6. The minimum Gasteiger partial charge on any atom is -0.497 e. The van der Waals surface area contributed by atoms with Crippen molar-refractivity contribution in [1.29, 1.82) is 0 Å². The molecule has 7 rings (SSSR count). The van der Waals surface area contributed by atoms with Gasteiger partial charge in [-0.2, -0.15) is 0 Å². The number of ether oxygens (including phenoxy) is 1. The molecule has 1 atom stereocenters. The Labute approximate surface area is 274 Å². The number of methoxy groups -OCH3 is 1. The second-order valence-corrected chi connectivity index (χ2v) is 12.4. The maximum absolute atomic E-state index is 14.7. The molecular weight excluding hydrogens is 612 g/mol. The van der Waals surface area contributed by atoms with E-state index in [9.17, 15) is 14.0 Å². The van der Waals surface area contributed by atoms with Gasteiger partial charge in [0.05, 0.1) is 35.5 Å². The molecule has 1 unspecified atom stereocenters. The summed E-state index contributed by atoms with van der Waals surface area (Å²) in [4.78, 5) is 33.6. The number of hydrogen-bond acceptors (Lipinski definition) is 5. The Kier molecular flexibility index (Phi) is 7.91. The number of halogens is 1. The fraction of sp³-hybridized carbons (Fsp3) is 0.132. The molecule has 6 aromatic rings. The first-order chi connectivity index (χ1) is 22.8. The number of carbonyl (C=O) groups is 1. The van der Waals surface area contributed by atoms with Crippen molar-refractivity contribution in [3.8, 4) is 5.75 Å². The molecule has 47 heavy (non-hydrogen) atoms. The number of aromatic nitrogens is 2. The van der Waals surface area contributed by atoms with Crippen LogP contribution < -0.4 is 24.9 Å². The van der Waals surface area contributed by atoms with Gasteiger partial charge in [-0.1, -0.05) is 78.1 Å². The number of anilines is 1. The van der Waals surface area contributed by atoms with E-state index in [1.807, 2.05) is 97.9 Å². The van der Waals surface area contributed by atoms with Gasteiger partial charge in [-0.05, 0) is 61.9 Å². The predicted octanol–water partition coefficient (Wildman–Crippen LogP) is 6.33. The number of carbonyl (C=O) groups excluding carboxylic acids is 1. The van der Waals surface area contributed by atoms with E-state index in [1.165, 1.54) is 17.4 Å². The summed E-state index contributed by atoms with van der Waals surface area (Å²) < 4.78 is 24.2. The van der Waals surface area contributed by atoms with Crippen LogP contribution in [0.25, 0.3) is 17.0 Å². The van der Waals surface area contributed by atoms with Crippen molar-refractivity contribution in [2.75, 3.05) is 12.4 Å². The third kappa shape index (κ3) is 5.48. The smallest absolute Gasteiger partial charge is 0.271 e. The number of hydrogen-bond donors (Lipinski definition) is 1. The van der Waals surface area contributed by atoms with Gasteiger partial charge < -0.3 is 14.6 Å². The zero-order chi connectivity index (χ0) is 32.7. The molecule has 1 aliphatic rings. The Balaban J connectivity index is 1.39. The van der Waals surface area contributed by atoms with E-state index in [1.54, 1.807) is 30.7 Å². The Morgan fingerprint density at radius 3 is 2.40 bits per heavy atom. The van der Waals surface area contributed by atoms with Crippen LogP contribution in [0.2, 0.25) is 0 Å². The molecular formula is C38H31FN4O3S. The first-order valence-corrected chi connectivity index (χ1v) is 16.0. The Bertz CT molecular complexity index is 2370. The minimum absolute atomic E-state index is 0.252. The van der Waals surface area contributed by atoms with Gasteiger partial charge in [0, 0.05) is 33.4 Å².